The third-order valence-electron chi connectivity index (χ3n) is 1.97. The number of nitriles is 1. The average molecular weight is 282 g/mol. The van der Waals surface area contributed by atoms with Gasteiger partial charge in [0.2, 0.25) is 0 Å². The maximum Gasteiger partial charge on any atom is 0.348 e. The van der Waals surface area contributed by atoms with Crippen LogP contribution in [0.3, 0.4) is 0 Å². The molecule has 7 heteroatoms. The number of rotatable bonds is 7. The van der Waals surface area contributed by atoms with Crippen LogP contribution >= 0.6 is 0 Å². The Morgan fingerprint density at radius 2 is 1.55 bits per heavy atom. The monoisotopic (exact) mass is 282 g/mol. The van der Waals surface area contributed by atoms with E-state index in [-0.39, 0.29) is 36.8 Å². The summed E-state index contributed by atoms with van der Waals surface area (Å²) in [5.41, 5.74) is 5.03. The fourth-order valence-corrected chi connectivity index (χ4v) is 1.16. The largest absolute Gasteiger partial charge is 0.479 e. The molecule has 0 saturated heterocycles. The zero-order valence-corrected chi connectivity index (χ0v) is 11.8. The Morgan fingerprint density at radius 3 is 2.00 bits per heavy atom. The average Bonchev–Trinajstić information content (AvgIpc) is 2.40. The molecule has 0 fully saturated rings. The lowest BCUT2D eigenvalue weighted by atomic mass is 10.1. The highest BCUT2D eigenvalue weighted by atomic mass is 16.5. The summed E-state index contributed by atoms with van der Waals surface area (Å²) in [6.45, 7) is 5.35. The Morgan fingerprint density at radius 1 is 1.05 bits per heavy atom. The van der Waals surface area contributed by atoms with Crippen molar-refractivity contribution in [1.29, 1.82) is 5.26 Å². The van der Waals surface area contributed by atoms with Crippen molar-refractivity contribution in [3.8, 4) is 6.07 Å². The fraction of sp³-hybridized carbons (Fsp3) is 0.462. The second-order valence-corrected chi connectivity index (χ2v) is 3.32. The van der Waals surface area contributed by atoms with Gasteiger partial charge in [-0.25, -0.2) is 9.59 Å². The minimum absolute atomic E-state index is 0.108. The molecule has 0 heterocycles. The standard InChI is InChI=1S/C13H18N2O5/c1-4-18-11(15)10(13(17)20-6-3)7-9(8-14)12(16)19-5-2/h7H,4-6,15H2,1-3H3. The van der Waals surface area contributed by atoms with E-state index >= 15 is 0 Å². The van der Waals surface area contributed by atoms with Crippen LogP contribution in [-0.2, 0) is 23.8 Å². The Hall–Kier alpha value is -2.49. The van der Waals surface area contributed by atoms with Crippen LogP contribution in [0.4, 0.5) is 0 Å². The molecule has 0 amide bonds. The molecule has 0 unspecified atom stereocenters. The Bertz CT molecular complexity index is 460. The number of nitrogens with zero attached hydrogens (tertiary/aromatic N) is 1. The van der Waals surface area contributed by atoms with Gasteiger partial charge in [0.15, 0.2) is 5.88 Å². The maximum absolute atomic E-state index is 11.7. The van der Waals surface area contributed by atoms with Crippen molar-refractivity contribution in [2.24, 2.45) is 5.73 Å². The van der Waals surface area contributed by atoms with Crippen molar-refractivity contribution in [3.63, 3.8) is 0 Å². The van der Waals surface area contributed by atoms with Crippen LogP contribution in [0.2, 0.25) is 0 Å². The lowest BCUT2D eigenvalue weighted by Crippen LogP contribution is -2.16. The van der Waals surface area contributed by atoms with Gasteiger partial charge in [-0.15, -0.1) is 0 Å². The first-order valence-electron chi connectivity index (χ1n) is 6.10. The molecule has 0 spiro atoms. The number of hydrogen-bond donors (Lipinski definition) is 1. The van der Waals surface area contributed by atoms with Crippen molar-refractivity contribution < 1.29 is 23.8 Å². The highest BCUT2D eigenvalue weighted by molar-refractivity contribution is 5.98. The van der Waals surface area contributed by atoms with E-state index in [1.54, 1.807) is 26.8 Å². The molecule has 0 aromatic carbocycles. The number of nitrogens with two attached hydrogens (primary N) is 1. The SMILES string of the molecule is CCOC(=O)C(C#N)=CC(C(=O)OCC)=C(N)OCC. The van der Waals surface area contributed by atoms with Gasteiger partial charge in [0, 0.05) is 0 Å². The van der Waals surface area contributed by atoms with Crippen molar-refractivity contribution >= 4 is 11.9 Å². The van der Waals surface area contributed by atoms with Gasteiger partial charge in [-0.3, -0.25) is 0 Å². The van der Waals surface area contributed by atoms with Crippen LogP contribution in [0.15, 0.2) is 23.1 Å². The first-order chi connectivity index (χ1) is 9.51. The van der Waals surface area contributed by atoms with Gasteiger partial charge in [-0.05, 0) is 26.8 Å². The van der Waals surface area contributed by atoms with E-state index in [4.69, 9.17) is 20.5 Å². The quantitative estimate of drug-likeness (QED) is 0.241. The van der Waals surface area contributed by atoms with E-state index in [2.05, 4.69) is 4.74 Å². The van der Waals surface area contributed by atoms with Crippen LogP contribution in [0, 0.1) is 11.3 Å². The summed E-state index contributed by atoms with van der Waals surface area (Å²) < 4.78 is 14.5. The van der Waals surface area contributed by atoms with Crippen LogP contribution in [0.25, 0.3) is 0 Å². The van der Waals surface area contributed by atoms with Gasteiger partial charge < -0.3 is 19.9 Å². The molecule has 0 saturated carbocycles. The van der Waals surface area contributed by atoms with Crippen molar-refractivity contribution in [1.82, 2.24) is 0 Å². The Kier molecular flexibility index (Phi) is 8.27. The van der Waals surface area contributed by atoms with Gasteiger partial charge in [0.1, 0.15) is 17.2 Å². The number of esters is 2. The first-order valence-corrected chi connectivity index (χ1v) is 6.10. The molecular weight excluding hydrogens is 264 g/mol. The molecule has 0 aliphatic heterocycles. The van der Waals surface area contributed by atoms with E-state index in [0.717, 1.165) is 6.08 Å². The molecule has 0 bridgehead atoms. The zero-order valence-electron chi connectivity index (χ0n) is 11.8. The lowest BCUT2D eigenvalue weighted by Gasteiger charge is -2.08. The second kappa shape index (κ2) is 9.44. The van der Waals surface area contributed by atoms with Gasteiger partial charge in [-0.2, -0.15) is 5.26 Å². The third kappa shape index (κ3) is 5.44. The van der Waals surface area contributed by atoms with E-state index < -0.39 is 11.9 Å². The molecule has 20 heavy (non-hydrogen) atoms. The molecule has 0 atom stereocenters. The predicted octanol–water partition coefficient (Wildman–Crippen LogP) is 0.769. The second-order valence-electron chi connectivity index (χ2n) is 3.32. The predicted molar refractivity (Wildman–Crippen MR) is 69.8 cm³/mol. The van der Waals surface area contributed by atoms with Crippen LogP contribution in [0.1, 0.15) is 20.8 Å². The molecule has 2 N–H and O–H groups in total. The lowest BCUT2D eigenvalue weighted by molar-refractivity contribution is -0.138. The molecule has 7 nitrogen and oxygen atoms in total. The molecule has 0 aromatic heterocycles. The minimum atomic E-state index is -0.846. The van der Waals surface area contributed by atoms with E-state index in [1.165, 1.54) is 0 Å². The van der Waals surface area contributed by atoms with Crippen molar-refractivity contribution in [2.45, 2.75) is 20.8 Å². The van der Waals surface area contributed by atoms with Crippen LogP contribution < -0.4 is 5.73 Å². The van der Waals surface area contributed by atoms with Gasteiger partial charge in [0.25, 0.3) is 0 Å². The van der Waals surface area contributed by atoms with Crippen LogP contribution in [0.5, 0.6) is 0 Å². The fourth-order valence-electron chi connectivity index (χ4n) is 1.16. The van der Waals surface area contributed by atoms with E-state index in [1.807, 2.05) is 0 Å². The van der Waals surface area contributed by atoms with Crippen molar-refractivity contribution in [2.75, 3.05) is 19.8 Å². The highest BCUT2D eigenvalue weighted by Crippen LogP contribution is 2.10. The molecule has 0 aliphatic rings. The van der Waals surface area contributed by atoms with Gasteiger partial charge in [0.05, 0.1) is 19.8 Å². The molecule has 0 radical (unpaired) electrons. The molecule has 0 rings (SSSR count). The van der Waals surface area contributed by atoms with Gasteiger partial charge in [-0.1, -0.05) is 0 Å². The highest BCUT2D eigenvalue weighted by Gasteiger charge is 2.19. The summed E-state index contributed by atoms with van der Waals surface area (Å²) in [7, 11) is 0. The molecule has 0 aromatic rings. The number of carbonyl (C=O) groups is 2. The summed E-state index contributed by atoms with van der Waals surface area (Å²) in [5, 5.41) is 8.92. The summed E-state index contributed by atoms with van der Waals surface area (Å²) >= 11 is 0. The smallest absolute Gasteiger partial charge is 0.348 e. The molecular formula is C13H18N2O5. The van der Waals surface area contributed by atoms with E-state index in [9.17, 15) is 9.59 Å². The molecule has 0 aliphatic carbocycles. The first kappa shape index (κ1) is 17.5. The topological polar surface area (TPSA) is 112 Å². The summed E-state index contributed by atoms with van der Waals surface area (Å²) in [5.74, 6) is -1.85. The minimum Gasteiger partial charge on any atom is -0.479 e. The zero-order chi connectivity index (χ0) is 15.5. The van der Waals surface area contributed by atoms with E-state index in [0.29, 0.717) is 0 Å². The number of carbonyl (C=O) groups excluding carboxylic acids is 2. The molecule has 110 valence electrons. The Balaban J connectivity index is 5.54. The summed E-state index contributed by atoms with van der Waals surface area (Å²) in [6, 6.07) is 1.64. The van der Waals surface area contributed by atoms with Crippen LogP contribution in [-0.4, -0.2) is 31.8 Å². The normalized spacial score (nSPS) is 12.0. The number of ether oxygens (including phenoxy) is 3. The third-order valence-corrected chi connectivity index (χ3v) is 1.97. The summed E-state index contributed by atoms with van der Waals surface area (Å²) in [6.07, 6.45) is 1.00. The van der Waals surface area contributed by atoms with Gasteiger partial charge >= 0.3 is 11.9 Å². The maximum atomic E-state index is 11.7. The summed E-state index contributed by atoms with van der Waals surface area (Å²) in [4.78, 5) is 23.2. The number of hydrogen-bond acceptors (Lipinski definition) is 7. The Labute approximate surface area is 117 Å². The van der Waals surface area contributed by atoms with Crippen molar-refractivity contribution in [3.05, 3.63) is 23.1 Å².